The topological polar surface area (TPSA) is 113 Å². The predicted molar refractivity (Wildman–Crippen MR) is 68.4 cm³/mol. The summed E-state index contributed by atoms with van der Waals surface area (Å²) < 4.78 is 8.93. The van der Waals surface area contributed by atoms with Crippen LogP contribution in [-0.4, -0.2) is 78.7 Å². The lowest BCUT2D eigenvalue weighted by Crippen LogP contribution is -2.51. The van der Waals surface area contributed by atoms with E-state index in [0.29, 0.717) is 12.8 Å². The van der Waals surface area contributed by atoms with Gasteiger partial charge in [0.25, 0.3) is 0 Å². The summed E-state index contributed by atoms with van der Waals surface area (Å²) in [6.45, 7) is -0.644. The number of carbonyl (C=O) groups is 4. The van der Waals surface area contributed by atoms with Crippen molar-refractivity contribution in [1.82, 2.24) is 9.80 Å². The number of carboxylic acids is 1. The second-order valence-corrected chi connectivity index (χ2v) is 4.48. The summed E-state index contributed by atoms with van der Waals surface area (Å²) in [6.07, 6.45) is 0.887. The Morgan fingerprint density at radius 3 is 2.10 bits per heavy atom. The standard InChI is InChI=1S/C12H18N2O7/c1-20-9(15)6-13(7-10(16)21-2)12(19)14-5-3-4-8(14)11(17)18/h8H,3-7H2,1-2H3,(H,17,18)/t8-/m0/s1. The molecule has 0 aromatic carbocycles. The third kappa shape index (κ3) is 4.33. The summed E-state index contributed by atoms with van der Waals surface area (Å²) >= 11 is 0. The van der Waals surface area contributed by atoms with Crippen LogP contribution in [0.4, 0.5) is 4.79 Å². The Morgan fingerprint density at radius 2 is 1.67 bits per heavy atom. The first-order valence-corrected chi connectivity index (χ1v) is 6.32. The van der Waals surface area contributed by atoms with Gasteiger partial charge in [0.2, 0.25) is 0 Å². The maximum atomic E-state index is 12.3. The van der Waals surface area contributed by atoms with E-state index in [2.05, 4.69) is 9.47 Å². The van der Waals surface area contributed by atoms with E-state index in [-0.39, 0.29) is 6.54 Å². The molecule has 1 heterocycles. The van der Waals surface area contributed by atoms with E-state index in [4.69, 9.17) is 5.11 Å². The first-order chi connectivity index (χ1) is 9.90. The molecular weight excluding hydrogens is 284 g/mol. The minimum Gasteiger partial charge on any atom is -0.480 e. The van der Waals surface area contributed by atoms with Gasteiger partial charge in [-0.2, -0.15) is 0 Å². The van der Waals surface area contributed by atoms with Gasteiger partial charge in [-0.1, -0.05) is 0 Å². The fourth-order valence-corrected chi connectivity index (χ4v) is 2.07. The molecule has 1 rings (SSSR count). The van der Waals surface area contributed by atoms with Crippen molar-refractivity contribution in [3.05, 3.63) is 0 Å². The zero-order chi connectivity index (χ0) is 16.0. The number of rotatable bonds is 5. The number of esters is 2. The Kier molecular flexibility index (Phi) is 5.94. The summed E-state index contributed by atoms with van der Waals surface area (Å²) in [4.78, 5) is 48.1. The van der Waals surface area contributed by atoms with Crippen LogP contribution in [0.25, 0.3) is 0 Å². The number of amides is 2. The van der Waals surface area contributed by atoms with E-state index in [0.717, 1.165) is 24.0 Å². The lowest BCUT2D eigenvalue weighted by molar-refractivity contribution is -0.144. The van der Waals surface area contributed by atoms with Gasteiger partial charge in [-0.3, -0.25) is 9.59 Å². The highest BCUT2D eigenvalue weighted by molar-refractivity contribution is 5.88. The first-order valence-electron chi connectivity index (χ1n) is 6.32. The maximum Gasteiger partial charge on any atom is 0.326 e. The number of nitrogens with zero attached hydrogens (tertiary/aromatic N) is 2. The fourth-order valence-electron chi connectivity index (χ4n) is 2.07. The summed E-state index contributed by atoms with van der Waals surface area (Å²) in [5, 5.41) is 9.07. The molecule has 118 valence electrons. The van der Waals surface area contributed by atoms with Gasteiger partial charge in [0.05, 0.1) is 14.2 Å². The summed E-state index contributed by atoms with van der Waals surface area (Å²) in [6, 6.07) is -1.65. The molecule has 2 amide bonds. The molecule has 0 unspecified atom stereocenters. The molecule has 0 bridgehead atoms. The molecule has 0 saturated carbocycles. The number of urea groups is 1. The molecule has 1 N–H and O–H groups in total. The number of methoxy groups -OCH3 is 2. The highest BCUT2D eigenvalue weighted by atomic mass is 16.5. The number of ether oxygens (including phenoxy) is 2. The van der Waals surface area contributed by atoms with Crippen LogP contribution in [-0.2, 0) is 23.9 Å². The number of carboxylic acid groups (broad SMARTS) is 1. The smallest absolute Gasteiger partial charge is 0.326 e. The summed E-state index contributed by atoms with van der Waals surface area (Å²) in [7, 11) is 2.30. The Labute approximate surface area is 121 Å². The Hall–Kier alpha value is -2.32. The first kappa shape index (κ1) is 16.7. The van der Waals surface area contributed by atoms with Crippen molar-refractivity contribution in [3.63, 3.8) is 0 Å². The van der Waals surface area contributed by atoms with Crippen molar-refractivity contribution < 1.29 is 33.8 Å². The third-order valence-electron chi connectivity index (χ3n) is 3.15. The average Bonchev–Trinajstić information content (AvgIpc) is 2.94. The lowest BCUT2D eigenvalue weighted by Gasteiger charge is -2.28. The van der Waals surface area contributed by atoms with Crippen LogP contribution in [0.2, 0.25) is 0 Å². The second-order valence-electron chi connectivity index (χ2n) is 4.48. The van der Waals surface area contributed by atoms with E-state index in [1.807, 2.05) is 0 Å². The highest BCUT2D eigenvalue weighted by Gasteiger charge is 2.37. The van der Waals surface area contributed by atoms with Crippen LogP contribution >= 0.6 is 0 Å². The van der Waals surface area contributed by atoms with Gasteiger partial charge in [0.15, 0.2) is 0 Å². The van der Waals surface area contributed by atoms with E-state index in [9.17, 15) is 19.2 Å². The van der Waals surface area contributed by atoms with Crippen LogP contribution in [0.3, 0.4) is 0 Å². The van der Waals surface area contributed by atoms with Gasteiger partial charge >= 0.3 is 23.9 Å². The zero-order valence-corrected chi connectivity index (χ0v) is 11.9. The Bertz CT molecular complexity index is 419. The number of hydrogen-bond acceptors (Lipinski definition) is 6. The Balaban J connectivity index is 2.85. The molecule has 1 aliphatic heterocycles. The molecular formula is C12H18N2O7. The monoisotopic (exact) mass is 302 g/mol. The van der Waals surface area contributed by atoms with Crippen LogP contribution in [0, 0.1) is 0 Å². The van der Waals surface area contributed by atoms with Crippen molar-refractivity contribution in [2.45, 2.75) is 18.9 Å². The minimum absolute atomic E-state index is 0.259. The number of hydrogen-bond donors (Lipinski definition) is 1. The average molecular weight is 302 g/mol. The molecule has 0 aliphatic carbocycles. The number of aliphatic carboxylic acids is 1. The van der Waals surface area contributed by atoms with Crippen molar-refractivity contribution in [1.29, 1.82) is 0 Å². The minimum atomic E-state index is -1.11. The molecule has 9 heteroatoms. The molecule has 1 atom stereocenters. The van der Waals surface area contributed by atoms with Crippen LogP contribution in [0.1, 0.15) is 12.8 Å². The summed E-state index contributed by atoms with van der Waals surface area (Å²) in [5.41, 5.74) is 0. The number of likely N-dealkylation sites (tertiary alicyclic amines) is 1. The van der Waals surface area contributed by atoms with Crippen LogP contribution in [0.5, 0.6) is 0 Å². The van der Waals surface area contributed by atoms with Gasteiger partial charge in [0, 0.05) is 6.54 Å². The van der Waals surface area contributed by atoms with E-state index in [1.54, 1.807) is 0 Å². The molecule has 0 spiro atoms. The van der Waals surface area contributed by atoms with Gasteiger partial charge < -0.3 is 24.4 Å². The molecule has 9 nitrogen and oxygen atoms in total. The highest BCUT2D eigenvalue weighted by Crippen LogP contribution is 2.19. The SMILES string of the molecule is COC(=O)CN(CC(=O)OC)C(=O)N1CCC[C@H]1C(=O)O. The second kappa shape index (κ2) is 7.46. The van der Waals surface area contributed by atoms with E-state index < -0.39 is 43.1 Å². The molecule has 1 saturated heterocycles. The third-order valence-corrected chi connectivity index (χ3v) is 3.15. The molecule has 0 aromatic heterocycles. The van der Waals surface area contributed by atoms with Crippen molar-refractivity contribution in [2.24, 2.45) is 0 Å². The molecule has 1 fully saturated rings. The predicted octanol–water partition coefficient (Wildman–Crippen LogP) is -0.697. The van der Waals surface area contributed by atoms with Gasteiger partial charge in [-0.15, -0.1) is 0 Å². The molecule has 0 aromatic rings. The summed E-state index contributed by atoms with van der Waals surface area (Å²) in [5.74, 6) is -2.53. The largest absolute Gasteiger partial charge is 0.480 e. The molecule has 0 radical (unpaired) electrons. The van der Waals surface area contributed by atoms with E-state index >= 15 is 0 Å². The molecule has 21 heavy (non-hydrogen) atoms. The quantitative estimate of drug-likeness (QED) is 0.668. The zero-order valence-electron chi connectivity index (χ0n) is 11.9. The lowest BCUT2D eigenvalue weighted by atomic mass is 10.2. The van der Waals surface area contributed by atoms with Gasteiger partial charge in [-0.25, -0.2) is 9.59 Å². The van der Waals surface area contributed by atoms with Crippen LogP contribution in [0.15, 0.2) is 0 Å². The van der Waals surface area contributed by atoms with Gasteiger partial charge in [0.1, 0.15) is 19.1 Å². The van der Waals surface area contributed by atoms with Crippen molar-refractivity contribution in [3.8, 4) is 0 Å². The fraction of sp³-hybridized carbons (Fsp3) is 0.667. The van der Waals surface area contributed by atoms with Crippen LogP contribution < -0.4 is 0 Å². The van der Waals surface area contributed by atoms with Crippen molar-refractivity contribution >= 4 is 23.9 Å². The normalized spacial score (nSPS) is 17.2. The maximum absolute atomic E-state index is 12.3. The van der Waals surface area contributed by atoms with E-state index in [1.165, 1.54) is 0 Å². The van der Waals surface area contributed by atoms with Gasteiger partial charge in [-0.05, 0) is 12.8 Å². The number of carbonyl (C=O) groups excluding carboxylic acids is 3. The Morgan fingerprint density at radius 1 is 1.14 bits per heavy atom. The van der Waals surface area contributed by atoms with Crippen molar-refractivity contribution in [2.75, 3.05) is 33.9 Å². The molecule has 1 aliphatic rings.